The van der Waals surface area contributed by atoms with Crippen LogP contribution in [0.15, 0.2) is 28.0 Å². The van der Waals surface area contributed by atoms with E-state index < -0.39 is 0 Å². The Bertz CT molecular complexity index is 269. The third-order valence-corrected chi connectivity index (χ3v) is 2.83. The predicted molar refractivity (Wildman–Crippen MR) is 64.2 cm³/mol. The van der Waals surface area contributed by atoms with Crippen LogP contribution < -0.4 is 0 Å². The first-order valence-corrected chi connectivity index (χ1v) is 5.64. The number of aryl methyl sites for hydroxylation is 1. The van der Waals surface area contributed by atoms with E-state index in [0.717, 1.165) is 16.2 Å². The molecule has 0 N–H and O–H groups in total. The molecule has 0 aliphatic heterocycles. The number of unbranched alkanes of at least 4 members (excludes halogenated alkanes) is 2. The fourth-order valence-corrected chi connectivity index (χ4v) is 1.82. The molecule has 0 aromatic heterocycles. The molecule has 0 spiro atoms. The van der Waals surface area contributed by atoms with Gasteiger partial charge in [-0.15, -0.1) is 25.3 Å². The van der Waals surface area contributed by atoms with E-state index in [4.69, 9.17) is 0 Å². The maximum absolute atomic E-state index is 4.41. The largest absolute Gasteiger partial charge is 0.143 e. The lowest BCUT2D eigenvalue weighted by molar-refractivity contribution is 0.711. The first kappa shape index (κ1) is 11.0. The van der Waals surface area contributed by atoms with Crippen molar-refractivity contribution in [3.8, 4) is 0 Å². The first-order chi connectivity index (χ1) is 6.24. The Hall–Kier alpha value is -0.0800. The summed E-state index contributed by atoms with van der Waals surface area (Å²) in [6.45, 7) is 2.22. The van der Waals surface area contributed by atoms with E-state index in [9.17, 15) is 0 Å². The maximum Gasteiger partial charge on any atom is 0.00728 e. The average Bonchev–Trinajstić information content (AvgIpc) is 2.11. The third kappa shape index (κ3) is 3.65. The van der Waals surface area contributed by atoms with Gasteiger partial charge in [0.2, 0.25) is 0 Å². The molecule has 0 bridgehead atoms. The summed E-state index contributed by atoms with van der Waals surface area (Å²) in [5, 5.41) is 0. The van der Waals surface area contributed by atoms with Gasteiger partial charge in [0.05, 0.1) is 0 Å². The minimum Gasteiger partial charge on any atom is -0.143 e. The molecule has 0 saturated heterocycles. The standard InChI is InChI=1S/C11H16S2/c1-2-3-4-5-9-8-10(12)6-7-11(9)13/h6-8,12-13H,2-5H2,1H3. The Labute approximate surface area is 91.6 Å². The second-order valence-corrected chi connectivity index (χ2v) is 4.27. The molecule has 72 valence electrons. The molecule has 0 fully saturated rings. The van der Waals surface area contributed by atoms with Crippen LogP contribution in [-0.2, 0) is 6.42 Å². The van der Waals surface area contributed by atoms with Gasteiger partial charge in [-0.1, -0.05) is 19.8 Å². The zero-order valence-electron chi connectivity index (χ0n) is 7.95. The number of rotatable bonds is 4. The Balaban J connectivity index is 2.59. The summed E-state index contributed by atoms with van der Waals surface area (Å²) in [4.78, 5) is 2.12. The molecule has 1 aromatic carbocycles. The van der Waals surface area contributed by atoms with Crippen molar-refractivity contribution in [3.05, 3.63) is 23.8 Å². The maximum atomic E-state index is 4.41. The van der Waals surface area contributed by atoms with Gasteiger partial charge < -0.3 is 0 Å². The molecule has 0 unspecified atom stereocenters. The number of hydrogen-bond donors (Lipinski definition) is 2. The average molecular weight is 212 g/mol. The molecule has 1 rings (SSSR count). The SMILES string of the molecule is CCCCCc1cc(S)ccc1S. The van der Waals surface area contributed by atoms with Crippen LogP contribution >= 0.6 is 25.3 Å². The number of thiol groups is 2. The second kappa shape index (κ2) is 5.61. The van der Waals surface area contributed by atoms with Gasteiger partial charge in [0, 0.05) is 9.79 Å². The van der Waals surface area contributed by atoms with Crippen molar-refractivity contribution < 1.29 is 0 Å². The van der Waals surface area contributed by atoms with Gasteiger partial charge in [-0.2, -0.15) is 0 Å². The first-order valence-electron chi connectivity index (χ1n) is 4.75. The van der Waals surface area contributed by atoms with Crippen LogP contribution in [0.25, 0.3) is 0 Å². The summed E-state index contributed by atoms with van der Waals surface area (Å²) >= 11 is 8.73. The van der Waals surface area contributed by atoms with E-state index in [1.807, 2.05) is 12.1 Å². The molecule has 0 aliphatic rings. The van der Waals surface area contributed by atoms with Crippen molar-refractivity contribution in [2.45, 2.75) is 42.4 Å². The van der Waals surface area contributed by atoms with Gasteiger partial charge in [-0.05, 0) is 36.6 Å². The summed E-state index contributed by atoms with van der Waals surface area (Å²) in [7, 11) is 0. The molecule has 1 aromatic rings. The summed E-state index contributed by atoms with van der Waals surface area (Å²) in [6, 6.07) is 6.11. The van der Waals surface area contributed by atoms with Gasteiger partial charge in [0.15, 0.2) is 0 Å². The number of hydrogen-bond acceptors (Lipinski definition) is 2. The fourth-order valence-electron chi connectivity index (χ4n) is 1.34. The smallest absolute Gasteiger partial charge is 0.00728 e. The molecule has 0 nitrogen and oxygen atoms in total. The third-order valence-electron chi connectivity index (χ3n) is 2.11. The molecule has 0 aliphatic carbocycles. The van der Waals surface area contributed by atoms with Gasteiger partial charge >= 0.3 is 0 Å². The quantitative estimate of drug-likeness (QED) is 0.547. The highest BCUT2D eigenvalue weighted by Gasteiger charge is 1.98. The van der Waals surface area contributed by atoms with Gasteiger partial charge in [0.25, 0.3) is 0 Å². The van der Waals surface area contributed by atoms with Crippen molar-refractivity contribution in [2.24, 2.45) is 0 Å². The fraction of sp³-hybridized carbons (Fsp3) is 0.455. The summed E-state index contributed by atoms with van der Waals surface area (Å²) in [5.74, 6) is 0. The van der Waals surface area contributed by atoms with E-state index in [-0.39, 0.29) is 0 Å². The molecule has 0 amide bonds. The molecule has 0 radical (unpaired) electrons. The number of benzene rings is 1. The van der Waals surface area contributed by atoms with Crippen molar-refractivity contribution in [3.63, 3.8) is 0 Å². The summed E-state index contributed by atoms with van der Waals surface area (Å²) in [6.07, 6.45) is 4.94. The van der Waals surface area contributed by atoms with Crippen LogP contribution in [0.1, 0.15) is 31.7 Å². The van der Waals surface area contributed by atoms with Crippen LogP contribution in [0.5, 0.6) is 0 Å². The molecule has 2 heteroatoms. The van der Waals surface area contributed by atoms with Crippen LogP contribution in [0.3, 0.4) is 0 Å². The van der Waals surface area contributed by atoms with Crippen LogP contribution in [0.4, 0.5) is 0 Å². The Morgan fingerprint density at radius 1 is 1.15 bits per heavy atom. The minimum atomic E-state index is 1.03. The Morgan fingerprint density at radius 3 is 2.62 bits per heavy atom. The monoisotopic (exact) mass is 212 g/mol. The summed E-state index contributed by atoms with van der Waals surface area (Å²) in [5.41, 5.74) is 1.32. The normalized spacial score (nSPS) is 10.4. The van der Waals surface area contributed by atoms with E-state index in [1.54, 1.807) is 0 Å². The highest BCUT2D eigenvalue weighted by molar-refractivity contribution is 7.80. The van der Waals surface area contributed by atoms with Crippen molar-refractivity contribution in [1.29, 1.82) is 0 Å². The van der Waals surface area contributed by atoms with E-state index in [1.165, 1.54) is 24.8 Å². The van der Waals surface area contributed by atoms with Crippen molar-refractivity contribution in [2.75, 3.05) is 0 Å². The van der Waals surface area contributed by atoms with E-state index in [2.05, 4.69) is 38.2 Å². The van der Waals surface area contributed by atoms with Crippen molar-refractivity contribution in [1.82, 2.24) is 0 Å². The van der Waals surface area contributed by atoms with E-state index >= 15 is 0 Å². The van der Waals surface area contributed by atoms with Gasteiger partial charge in [-0.3, -0.25) is 0 Å². The molecule has 0 saturated carbocycles. The van der Waals surface area contributed by atoms with Gasteiger partial charge in [-0.25, -0.2) is 0 Å². The highest BCUT2D eigenvalue weighted by Crippen LogP contribution is 2.20. The lowest BCUT2D eigenvalue weighted by Gasteiger charge is -2.05. The lowest BCUT2D eigenvalue weighted by Crippen LogP contribution is -1.87. The molecular formula is C11H16S2. The zero-order valence-corrected chi connectivity index (χ0v) is 9.74. The molecule has 0 atom stereocenters. The van der Waals surface area contributed by atoms with E-state index in [0.29, 0.717) is 0 Å². The minimum absolute atomic E-state index is 1.03. The van der Waals surface area contributed by atoms with Crippen LogP contribution in [0.2, 0.25) is 0 Å². The van der Waals surface area contributed by atoms with Crippen LogP contribution in [0, 0.1) is 0 Å². The molecule has 0 heterocycles. The Kier molecular flexibility index (Phi) is 4.74. The van der Waals surface area contributed by atoms with Gasteiger partial charge in [0.1, 0.15) is 0 Å². The molecule has 13 heavy (non-hydrogen) atoms. The predicted octanol–water partition coefficient (Wildman–Crippen LogP) is 4.00. The van der Waals surface area contributed by atoms with Crippen molar-refractivity contribution >= 4 is 25.3 Å². The highest BCUT2D eigenvalue weighted by atomic mass is 32.1. The Morgan fingerprint density at radius 2 is 1.92 bits per heavy atom. The van der Waals surface area contributed by atoms with Crippen LogP contribution in [-0.4, -0.2) is 0 Å². The molecular weight excluding hydrogens is 196 g/mol. The second-order valence-electron chi connectivity index (χ2n) is 3.27. The zero-order chi connectivity index (χ0) is 9.68. The summed E-state index contributed by atoms with van der Waals surface area (Å²) < 4.78 is 0. The lowest BCUT2D eigenvalue weighted by atomic mass is 10.1. The topological polar surface area (TPSA) is 0 Å².